The minimum atomic E-state index is -0.0325. The summed E-state index contributed by atoms with van der Waals surface area (Å²) in [4.78, 5) is 20.9. The van der Waals surface area contributed by atoms with Gasteiger partial charge >= 0.3 is 0 Å². The van der Waals surface area contributed by atoms with E-state index in [0.29, 0.717) is 18.0 Å². The molecule has 1 saturated heterocycles. The van der Waals surface area contributed by atoms with Gasteiger partial charge in [0.25, 0.3) is 5.91 Å². The number of amides is 1. The molecule has 2 heterocycles. The van der Waals surface area contributed by atoms with Crippen molar-refractivity contribution in [3.05, 3.63) is 71.6 Å². The SMILES string of the molecule is Cc1oc(-c2ccc(C(=O)NCCN3CCCCCC3)cc2)nc1CSc1ccccc1. The van der Waals surface area contributed by atoms with Gasteiger partial charge in [0, 0.05) is 34.9 Å². The van der Waals surface area contributed by atoms with E-state index in [1.807, 2.05) is 49.4 Å². The third-order valence-corrected chi connectivity index (χ3v) is 6.84. The van der Waals surface area contributed by atoms with Crippen molar-refractivity contribution in [3.63, 3.8) is 0 Å². The number of carbonyl (C=O) groups is 1. The third-order valence-electron chi connectivity index (χ3n) is 5.82. The first-order valence-electron chi connectivity index (χ1n) is 11.4. The Balaban J connectivity index is 1.30. The van der Waals surface area contributed by atoms with Gasteiger partial charge in [0.1, 0.15) is 5.76 Å². The van der Waals surface area contributed by atoms with E-state index in [-0.39, 0.29) is 5.91 Å². The predicted octanol–water partition coefficient (Wildman–Crippen LogP) is 5.55. The predicted molar refractivity (Wildman–Crippen MR) is 130 cm³/mol. The quantitative estimate of drug-likeness (QED) is 0.457. The van der Waals surface area contributed by atoms with Crippen molar-refractivity contribution in [3.8, 4) is 11.5 Å². The summed E-state index contributed by atoms with van der Waals surface area (Å²) in [6.45, 7) is 5.84. The average molecular weight is 450 g/mol. The number of aryl methyl sites for hydroxylation is 1. The Labute approximate surface area is 194 Å². The zero-order valence-electron chi connectivity index (χ0n) is 18.7. The third kappa shape index (κ3) is 6.24. The molecule has 2 aromatic carbocycles. The molecule has 1 fully saturated rings. The van der Waals surface area contributed by atoms with E-state index in [0.717, 1.165) is 42.4 Å². The van der Waals surface area contributed by atoms with E-state index in [1.165, 1.54) is 30.6 Å². The molecule has 0 radical (unpaired) electrons. The zero-order valence-corrected chi connectivity index (χ0v) is 19.5. The lowest BCUT2D eigenvalue weighted by atomic mass is 10.1. The Morgan fingerprint density at radius 3 is 2.47 bits per heavy atom. The number of likely N-dealkylation sites (tertiary alicyclic amines) is 1. The van der Waals surface area contributed by atoms with Crippen LogP contribution in [0.5, 0.6) is 0 Å². The molecule has 1 amide bonds. The summed E-state index contributed by atoms with van der Waals surface area (Å²) < 4.78 is 5.90. The van der Waals surface area contributed by atoms with Crippen LogP contribution in [-0.4, -0.2) is 42.0 Å². The average Bonchev–Trinajstić information content (AvgIpc) is 3.01. The lowest BCUT2D eigenvalue weighted by molar-refractivity contribution is 0.0948. The number of carbonyl (C=O) groups excluding carboxylic acids is 1. The summed E-state index contributed by atoms with van der Waals surface area (Å²) in [7, 11) is 0. The van der Waals surface area contributed by atoms with Gasteiger partial charge in [0.15, 0.2) is 0 Å². The maximum absolute atomic E-state index is 12.5. The van der Waals surface area contributed by atoms with Crippen LogP contribution in [0.3, 0.4) is 0 Å². The first-order chi connectivity index (χ1) is 15.7. The number of benzene rings is 2. The fraction of sp³-hybridized carbons (Fsp3) is 0.385. The molecule has 168 valence electrons. The van der Waals surface area contributed by atoms with E-state index in [9.17, 15) is 4.79 Å². The Morgan fingerprint density at radius 2 is 1.75 bits per heavy atom. The van der Waals surface area contributed by atoms with Gasteiger partial charge in [-0.3, -0.25) is 4.79 Å². The van der Waals surface area contributed by atoms with Gasteiger partial charge in [-0.25, -0.2) is 4.98 Å². The van der Waals surface area contributed by atoms with Gasteiger partial charge in [-0.05, 0) is 69.3 Å². The number of aromatic nitrogens is 1. The van der Waals surface area contributed by atoms with Gasteiger partial charge in [-0.15, -0.1) is 11.8 Å². The molecular formula is C26H31N3O2S. The molecule has 6 heteroatoms. The highest BCUT2D eigenvalue weighted by Crippen LogP contribution is 2.27. The smallest absolute Gasteiger partial charge is 0.251 e. The lowest BCUT2D eigenvalue weighted by Crippen LogP contribution is -2.35. The van der Waals surface area contributed by atoms with Crippen LogP contribution in [0, 0.1) is 6.92 Å². The summed E-state index contributed by atoms with van der Waals surface area (Å²) in [5.74, 6) is 2.16. The molecule has 1 aliphatic heterocycles. The van der Waals surface area contributed by atoms with Crippen molar-refractivity contribution in [2.24, 2.45) is 0 Å². The van der Waals surface area contributed by atoms with Crippen LogP contribution in [0.15, 0.2) is 63.9 Å². The molecule has 0 atom stereocenters. The highest BCUT2D eigenvalue weighted by molar-refractivity contribution is 7.98. The Kier molecular flexibility index (Phi) is 8.02. The highest BCUT2D eigenvalue weighted by atomic mass is 32.2. The molecule has 0 spiro atoms. The molecule has 1 aromatic heterocycles. The first-order valence-corrected chi connectivity index (χ1v) is 12.4. The maximum atomic E-state index is 12.5. The van der Waals surface area contributed by atoms with Gasteiger partial charge in [0.2, 0.25) is 5.89 Å². The Morgan fingerprint density at radius 1 is 1.03 bits per heavy atom. The normalized spacial score (nSPS) is 14.8. The standard InChI is InChI=1S/C26H31N3O2S/c1-20-24(19-32-23-9-5-4-6-10-23)28-26(31-20)22-13-11-21(12-14-22)25(30)27-15-18-29-16-7-2-3-8-17-29/h4-6,9-14H,2-3,7-8,15-19H2,1H3,(H,27,30). The summed E-state index contributed by atoms with van der Waals surface area (Å²) in [5.41, 5.74) is 2.49. The summed E-state index contributed by atoms with van der Waals surface area (Å²) in [6.07, 6.45) is 5.18. The molecule has 4 rings (SSSR count). The molecule has 0 unspecified atom stereocenters. The molecule has 1 N–H and O–H groups in total. The fourth-order valence-corrected chi connectivity index (χ4v) is 4.83. The molecule has 1 aliphatic rings. The molecule has 3 aromatic rings. The van der Waals surface area contributed by atoms with Crippen LogP contribution in [0.2, 0.25) is 0 Å². The molecule has 5 nitrogen and oxygen atoms in total. The number of rotatable bonds is 8. The zero-order chi connectivity index (χ0) is 22.2. The minimum Gasteiger partial charge on any atom is -0.441 e. The largest absolute Gasteiger partial charge is 0.441 e. The van der Waals surface area contributed by atoms with E-state index in [4.69, 9.17) is 4.42 Å². The van der Waals surface area contributed by atoms with Crippen molar-refractivity contribution in [2.75, 3.05) is 26.2 Å². The molecule has 0 saturated carbocycles. The molecule has 0 bridgehead atoms. The topological polar surface area (TPSA) is 58.4 Å². The van der Waals surface area contributed by atoms with Crippen LogP contribution >= 0.6 is 11.8 Å². The van der Waals surface area contributed by atoms with Crippen LogP contribution in [0.4, 0.5) is 0 Å². The molecular weight excluding hydrogens is 418 g/mol. The number of hydrogen-bond acceptors (Lipinski definition) is 5. The second-order valence-electron chi connectivity index (χ2n) is 8.21. The Hall–Kier alpha value is -2.57. The second kappa shape index (κ2) is 11.3. The molecule has 32 heavy (non-hydrogen) atoms. The van der Waals surface area contributed by atoms with E-state index in [2.05, 4.69) is 27.3 Å². The van der Waals surface area contributed by atoms with E-state index in [1.54, 1.807) is 11.8 Å². The van der Waals surface area contributed by atoms with Crippen molar-refractivity contribution < 1.29 is 9.21 Å². The van der Waals surface area contributed by atoms with Gasteiger partial charge in [0.05, 0.1) is 5.69 Å². The van der Waals surface area contributed by atoms with Crippen LogP contribution in [-0.2, 0) is 5.75 Å². The van der Waals surface area contributed by atoms with Gasteiger partial charge in [-0.2, -0.15) is 0 Å². The highest BCUT2D eigenvalue weighted by Gasteiger charge is 2.14. The fourth-order valence-electron chi connectivity index (χ4n) is 3.91. The van der Waals surface area contributed by atoms with Gasteiger partial charge in [-0.1, -0.05) is 31.0 Å². The van der Waals surface area contributed by atoms with E-state index >= 15 is 0 Å². The number of nitrogens with one attached hydrogen (secondary N) is 1. The van der Waals surface area contributed by atoms with Crippen LogP contribution in [0.1, 0.15) is 47.5 Å². The van der Waals surface area contributed by atoms with Crippen LogP contribution < -0.4 is 5.32 Å². The summed E-state index contributed by atoms with van der Waals surface area (Å²) in [5, 5.41) is 3.05. The second-order valence-corrected chi connectivity index (χ2v) is 9.26. The van der Waals surface area contributed by atoms with Crippen molar-refractivity contribution >= 4 is 17.7 Å². The number of nitrogens with zero attached hydrogens (tertiary/aromatic N) is 2. The lowest BCUT2D eigenvalue weighted by Gasteiger charge is -2.19. The van der Waals surface area contributed by atoms with Crippen molar-refractivity contribution in [1.29, 1.82) is 0 Å². The maximum Gasteiger partial charge on any atom is 0.251 e. The van der Waals surface area contributed by atoms with Crippen LogP contribution in [0.25, 0.3) is 11.5 Å². The minimum absolute atomic E-state index is 0.0325. The van der Waals surface area contributed by atoms with Crippen molar-refractivity contribution in [1.82, 2.24) is 15.2 Å². The summed E-state index contributed by atoms with van der Waals surface area (Å²) in [6, 6.07) is 17.8. The monoisotopic (exact) mass is 449 g/mol. The number of hydrogen-bond donors (Lipinski definition) is 1. The van der Waals surface area contributed by atoms with Crippen molar-refractivity contribution in [2.45, 2.75) is 43.3 Å². The number of oxazole rings is 1. The Bertz CT molecular complexity index is 994. The number of thioether (sulfide) groups is 1. The molecule has 0 aliphatic carbocycles. The first kappa shape index (κ1) is 22.6. The summed E-state index contributed by atoms with van der Waals surface area (Å²) >= 11 is 1.74. The van der Waals surface area contributed by atoms with Gasteiger partial charge < -0.3 is 14.6 Å². The van der Waals surface area contributed by atoms with E-state index < -0.39 is 0 Å².